The number of thiophene rings is 1. The molecular weight excluding hydrogens is 421 g/mol. The second kappa shape index (κ2) is 10.5. The average Bonchev–Trinajstić information content (AvgIpc) is 3.03. The van der Waals surface area contributed by atoms with Crippen molar-refractivity contribution in [3.8, 4) is 5.75 Å². The molecule has 0 aliphatic carbocycles. The van der Waals surface area contributed by atoms with Crippen molar-refractivity contribution in [1.29, 1.82) is 0 Å². The molecule has 1 heterocycles. The summed E-state index contributed by atoms with van der Waals surface area (Å²) in [4.78, 5) is 4.25. The maximum Gasteiger partial charge on any atom is 0.191 e. The quantitative estimate of drug-likeness (QED) is 0.402. The van der Waals surface area contributed by atoms with Crippen LogP contribution in [0.2, 0.25) is 0 Å². The zero-order valence-electron chi connectivity index (χ0n) is 13.8. The van der Waals surface area contributed by atoms with Gasteiger partial charge in [-0.15, -0.1) is 24.0 Å². The highest BCUT2D eigenvalue weighted by molar-refractivity contribution is 14.0. The van der Waals surface area contributed by atoms with Crippen molar-refractivity contribution in [2.45, 2.75) is 26.9 Å². The standard InChI is InChI=1S/C17H23N3OS.HI/c1-4-21-16-6-5-14(9-13(16)2)10-19-17(18-3)20-11-15-7-8-22-12-15;/h5-9,12H,4,10-11H2,1-3H3,(H2,18,19,20);1H. The minimum Gasteiger partial charge on any atom is -0.494 e. The number of benzene rings is 1. The number of hydrogen-bond acceptors (Lipinski definition) is 3. The molecule has 4 nitrogen and oxygen atoms in total. The summed E-state index contributed by atoms with van der Waals surface area (Å²) >= 11 is 1.70. The molecule has 2 aromatic rings. The smallest absolute Gasteiger partial charge is 0.191 e. The predicted octanol–water partition coefficient (Wildman–Crippen LogP) is 3.94. The average molecular weight is 445 g/mol. The normalized spacial score (nSPS) is 10.8. The van der Waals surface area contributed by atoms with Gasteiger partial charge in [0.15, 0.2) is 5.96 Å². The number of rotatable bonds is 6. The number of ether oxygens (including phenoxy) is 1. The minimum absolute atomic E-state index is 0. The van der Waals surface area contributed by atoms with E-state index in [1.807, 2.05) is 13.0 Å². The van der Waals surface area contributed by atoms with Crippen LogP contribution in [0.5, 0.6) is 5.75 Å². The summed E-state index contributed by atoms with van der Waals surface area (Å²) in [5, 5.41) is 10.9. The summed E-state index contributed by atoms with van der Waals surface area (Å²) in [5.41, 5.74) is 3.63. The molecule has 0 amide bonds. The Kier molecular flexibility index (Phi) is 9.01. The highest BCUT2D eigenvalue weighted by Crippen LogP contribution is 2.18. The topological polar surface area (TPSA) is 45.6 Å². The fraction of sp³-hybridized carbons (Fsp3) is 0.353. The number of nitrogens with one attached hydrogen (secondary N) is 2. The highest BCUT2D eigenvalue weighted by atomic mass is 127. The van der Waals surface area contributed by atoms with Crippen LogP contribution in [0.1, 0.15) is 23.6 Å². The molecule has 0 fully saturated rings. The van der Waals surface area contributed by atoms with Crippen LogP contribution in [0, 0.1) is 6.92 Å². The summed E-state index contributed by atoms with van der Waals surface area (Å²) in [6, 6.07) is 8.36. The molecule has 0 atom stereocenters. The van der Waals surface area contributed by atoms with E-state index < -0.39 is 0 Å². The fourth-order valence-electron chi connectivity index (χ4n) is 2.12. The van der Waals surface area contributed by atoms with Gasteiger partial charge in [0.1, 0.15) is 5.75 Å². The number of halogens is 1. The van der Waals surface area contributed by atoms with E-state index in [2.05, 4.69) is 51.5 Å². The first-order valence-electron chi connectivity index (χ1n) is 7.41. The third kappa shape index (κ3) is 6.39. The van der Waals surface area contributed by atoms with Crippen molar-refractivity contribution in [2.24, 2.45) is 4.99 Å². The van der Waals surface area contributed by atoms with E-state index in [1.165, 1.54) is 11.1 Å². The first-order valence-corrected chi connectivity index (χ1v) is 8.35. The maximum atomic E-state index is 5.56. The summed E-state index contributed by atoms with van der Waals surface area (Å²) in [6.45, 7) is 6.27. The van der Waals surface area contributed by atoms with Gasteiger partial charge < -0.3 is 15.4 Å². The molecule has 2 N–H and O–H groups in total. The first kappa shape index (κ1) is 19.8. The van der Waals surface area contributed by atoms with Crippen molar-refractivity contribution in [3.05, 3.63) is 51.7 Å². The Morgan fingerprint density at radius 2 is 1.91 bits per heavy atom. The van der Waals surface area contributed by atoms with Crippen molar-refractivity contribution in [1.82, 2.24) is 10.6 Å². The molecule has 0 radical (unpaired) electrons. The number of hydrogen-bond donors (Lipinski definition) is 2. The van der Waals surface area contributed by atoms with Gasteiger partial charge in [0, 0.05) is 20.1 Å². The Hall–Kier alpha value is -1.28. The Bertz CT molecular complexity index is 614. The molecule has 0 spiro atoms. The minimum atomic E-state index is 0. The van der Waals surface area contributed by atoms with Crippen molar-refractivity contribution in [3.63, 3.8) is 0 Å². The third-order valence-electron chi connectivity index (χ3n) is 3.26. The van der Waals surface area contributed by atoms with Gasteiger partial charge in [-0.2, -0.15) is 11.3 Å². The molecule has 6 heteroatoms. The molecular formula is C17H24IN3OS. The fourth-order valence-corrected chi connectivity index (χ4v) is 2.79. The lowest BCUT2D eigenvalue weighted by atomic mass is 10.1. The van der Waals surface area contributed by atoms with Crippen LogP contribution in [0.4, 0.5) is 0 Å². The van der Waals surface area contributed by atoms with E-state index >= 15 is 0 Å². The number of nitrogens with zero attached hydrogens (tertiary/aromatic N) is 1. The van der Waals surface area contributed by atoms with Crippen LogP contribution in [0.25, 0.3) is 0 Å². The molecule has 0 unspecified atom stereocenters. The number of guanidine groups is 1. The zero-order chi connectivity index (χ0) is 15.8. The van der Waals surface area contributed by atoms with Crippen LogP contribution in [-0.4, -0.2) is 19.6 Å². The van der Waals surface area contributed by atoms with Gasteiger partial charge in [-0.3, -0.25) is 4.99 Å². The Morgan fingerprint density at radius 1 is 1.17 bits per heavy atom. The molecule has 23 heavy (non-hydrogen) atoms. The maximum absolute atomic E-state index is 5.56. The highest BCUT2D eigenvalue weighted by Gasteiger charge is 2.03. The summed E-state index contributed by atoms with van der Waals surface area (Å²) in [5.74, 6) is 1.75. The molecule has 1 aromatic heterocycles. The molecule has 0 saturated heterocycles. The van der Waals surface area contributed by atoms with E-state index in [0.717, 1.165) is 30.4 Å². The lowest BCUT2D eigenvalue weighted by Gasteiger charge is -2.13. The molecule has 0 saturated carbocycles. The summed E-state index contributed by atoms with van der Waals surface area (Å²) in [7, 11) is 1.78. The molecule has 1 aromatic carbocycles. The Labute approximate surface area is 159 Å². The molecule has 0 bridgehead atoms. The number of aliphatic imine (C=N–C) groups is 1. The van der Waals surface area contributed by atoms with Gasteiger partial charge in [-0.25, -0.2) is 0 Å². The molecule has 0 aliphatic rings. The van der Waals surface area contributed by atoms with Gasteiger partial charge in [0.05, 0.1) is 6.61 Å². The first-order chi connectivity index (χ1) is 10.7. The van der Waals surface area contributed by atoms with Crippen LogP contribution in [0.3, 0.4) is 0 Å². The molecule has 0 aliphatic heterocycles. The monoisotopic (exact) mass is 445 g/mol. The zero-order valence-corrected chi connectivity index (χ0v) is 16.9. The van der Waals surface area contributed by atoms with Crippen LogP contribution >= 0.6 is 35.3 Å². The lowest BCUT2D eigenvalue weighted by Crippen LogP contribution is -2.36. The van der Waals surface area contributed by atoms with Gasteiger partial charge in [0.2, 0.25) is 0 Å². The Balaban J connectivity index is 0.00000264. The van der Waals surface area contributed by atoms with Gasteiger partial charge in [0.25, 0.3) is 0 Å². The summed E-state index contributed by atoms with van der Waals surface area (Å²) < 4.78 is 5.56. The SMILES string of the molecule is CCOc1ccc(CNC(=NC)NCc2ccsc2)cc1C.I. The Morgan fingerprint density at radius 3 is 2.48 bits per heavy atom. The van der Waals surface area contributed by atoms with Crippen LogP contribution < -0.4 is 15.4 Å². The van der Waals surface area contributed by atoms with Gasteiger partial charge >= 0.3 is 0 Å². The van der Waals surface area contributed by atoms with E-state index in [1.54, 1.807) is 18.4 Å². The number of aryl methyl sites for hydroxylation is 1. The van der Waals surface area contributed by atoms with E-state index in [0.29, 0.717) is 6.61 Å². The third-order valence-corrected chi connectivity index (χ3v) is 3.99. The van der Waals surface area contributed by atoms with Crippen molar-refractivity contribution < 1.29 is 4.74 Å². The van der Waals surface area contributed by atoms with Crippen LogP contribution in [0.15, 0.2) is 40.0 Å². The predicted molar refractivity (Wildman–Crippen MR) is 109 cm³/mol. The van der Waals surface area contributed by atoms with E-state index in [4.69, 9.17) is 4.74 Å². The van der Waals surface area contributed by atoms with Gasteiger partial charge in [-0.1, -0.05) is 12.1 Å². The summed E-state index contributed by atoms with van der Waals surface area (Å²) in [6.07, 6.45) is 0. The lowest BCUT2D eigenvalue weighted by molar-refractivity contribution is 0.338. The molecule has 126 valence electrons. The van der Waals surface area contributed by atoms with Crippen molar-refractivity contribution >= 4 is 41.3 Å². The largest absolute Gasteiger partial charge is 0.494 e. The van der Waals surface area contributed by atoms with Gasteiger partial charge in [-0.05, 0) is 53.4 Å². The van der Waals surface area contributed by atoms with E-state index in [9.17, 15) is 0 Å². The second-order valence-corrected chi connectivity index (χ2v) is 5.72. The van der Waals surface area contributed by atoms with E-state index in [-0.39, 0.29) is 24.0 Å². The second-order valence-electron chi connectivity index (χ2n) is 4.94. The van der Waals surface area contributed by atoms with Crippen LogP contribution in [-0.2, 0) is 13.1 Å². The van der Waals surface area contributed by atoms with Crippen molar-refractivity contribution in [2.75, 3.05) is 13.7 Å². The molecule has 2 rings (SSSR count).